The zero-order valence-electron chi connectivity index (χ0n) is 16.3. The van der Waals surface area contributed by atoms with Crippen LogP contribution in [0.4, 0.5) is 10.5 Å². The highest BCUT2D eigenvalue weighted by molar-refractivity contribution is 5.90. The second-order valence-corrected chi connectivity index (χ2v) is 6.63. The number of aromatic nitrogens is 4. The summed E-state index contributed by atoms with van der Waals surface area (Å²) in [5.74, 6) is 0.712. The van der Waals surface area contributed by atoms with Crippen LogP contribution < -0.4 is 5.32 Å². The Hall–Kier alpha value is -3.22. The maximum atomic E-state index is 12.6. The van der Waals surface area contributed by atoms with Crippen LogP contribution in [0, 0.1) is 20.8 Å². The van der Waals surface area contributed by atoms with Gasteiger partial charge in [-0.05, 0) is 39.0 Å². The van der Waals surface area contributed by atoms with E-state index in [2.05, 4.69) is 20.4 Å². The molecule has 2 heterocycles. The van der Waals surface area contributed by atoms with Crippen molar-refractivity contribution in [2.45, 2.75) is 27.3 Å². The largest absolute Gasteiger partial charge is 0.323 e. The fraction of sp³-hybridized carbons (Fsp3) is 0.300. The molecular formula is C20H24N6O. The maximum Gasteiger partial charge on any atom is 0.321 e. The van der Waals surface area contributed by atoms with E-state index in [1.165, 1.54) is 0 Å². The lowest BCUT2D eigenvalue weighted by Crippen LogP contribution is -2.31. The van der Waals surface area contributed by atoms with Crippen LogP contribution in [0.1, 0.15) is 22.8 Å². The van der Waals surface area contributed by atoms with E-state index >= 15 is 0 Å². The topological polar surface area (TPSA) is 75.9 Å². The maximum absolute atomic E-state index is 12.6. The summed E-state index contributed by atoms with van der Waals surface area (Å²) in [5, 5.41) is 7.35. The van der Waals surface area contributed by atoms with Gasteiger partial charge in [-0.25, -0.2) is 14.8 Å². The van der Waals surface area contributed by atoms with Gasteiger partial charge in [0.25, 0.3) is 0 Å². The Labute approximate surface area is 159 Å². The summed E-state index contributed by atoms with van der Waals surface area (Å²) < 4.78 is 1.84. The van der Waals surface area contributed by atoms with Gasteiger partial charge >= 0.3 is 6.03 Å². The van der Waals surface area contributed by atoms with Gasteiger partial charge in [0.15, 0.2) is 0 Å². The van der Waals surface area contributed by atoms with Gasteiger partial charge in [-0.1, -0.05) is 12.1 Å². The van der Waals surface area contributed by atoms with Crippen LogP contribution in [-0.4, -0.2) is 37.7 Å². The van der Waals surface area contributed by atoms with E-state index in [0.717, 1.165) is 33.9 Å². The number of hydrogen-bond acceptors (Lipinski definition) is 4. The molecule has 0 aliphatic rings. The molecule has 140 valence electrons. The van der Waals surface area contributed by atoms with Gasteiger partial charge < -0.3 is 10.2 Å². The molecule has 0 bridgehead atoms. The first kappa shape index (κ1) is 18.6. The van der Waals surface area contributed by atoms with Crippen LogP contribution in [0.3, 0.4) is 0 Å². The zero-order valence-corrected chi connectivity index (χ0v) is 16.3. The summed E-state index contributed by atoms with van der Waals surface area (Å²) in [5.41, 5.74) is 5.55. The second-order valence-electron chi connectivity index (χ2n) is 6.63. The number of rotatable bonds is 4. The molecule has 2 aromatic heterocycles. The number of anilines is 1. The van der Waals surface area contributed by atoms with E-state index in [-0.39, 0.29) is 6.03 Å². The molecule has 0 aliphatic carbocycles. The Morgan fingerprint density at radius 1 is 1.22 bits per heavy atom. The standard InChI is InChI=1S/C20H24N6O/c1-13-18(14(2)26(5)24-13)12-25(4)20(27)23-17-8-6-7-16(11-17)19-9-10-21-15(3)22-19/h6-11H,12H2,1-5H3,(H,23,27). The summed E-state index contributed by atoms with van der Waals surface area (Å²) >= 11 is 0. The fourth-order valence-electron chi connectivity index (χ4n) is 2.95. The van der Waals surface area contributed by atoms with Crippen molar-refractivity contribution >= 4 is 11.7 Å². The molecule has 1 N–H and O–H groups in total. The van der Waals surface area contributed by atoms with Crippen LogP contribution in [-0.2, 0) is 13.6 Å². The number of carbonyl (C=O) groups excluding carboxylic acids is 1. The van der Waals surface area contributed by atoms with Crippen LogP contribution in [0.2, 0.25) is 0 Å². The van der Waals surface area contributed by atoms with Crippen LogP contribution in [0.25, 0.3) is 11.3 Å². The smallest absolute Gasteiger partial charge is 0.321 e. The molecule has 2 amide bonds. The molecule has 27 heavy (non-hydrogen) atoms. The van der Waals surface area contributed by atoms with Crippen molar-refractivity contribution in [2.75, 3.05) is 12.4 Å². The van der Waals surface area contributed by atoms with E-state index in [1.54, 1.807) is 18.1 Å². The summed E-state index contributed by atoms with van der Waals surface area (Å²) in [4.78, 5) is 22.8. The molecule has 0 aliphatic heterocycles. The molecule has 1 aromatic carbocycles. The first-order chi connectivity index (χ1) is 12.8. The van der Waals surface area contributed by atoms with E-state index < -0.39 is 0 Å². The minimum atomic E-state index is -0.173. The Kier molecular flexibility index (Phi) is 5.21. The second kappa shape index (κ2) is 7.57. The number of amides is 2. The van der Waals surface area contributed by atoms with Gasteiger partial charge in [0.2, 0.25) is 0 Å². The van der Waals surface area contributed by atoms with Gasteiger partial charge in [0.05, 0.1) is 17.9 Å². The van der Waals surface area contributed by atoms with Crippen molar-refractivity contribution < 1.29 is 4.79 Å². The highest BCUT2D eigenvalue weighted by atomic mass is 16.2. The molecule has 0 atom stereocenters. The SMILES string of the molecule is Cc1nccc(-c2cccc(NC(=O)N(C)Cc3c(C)nn(C)c3C)c2)n1. The molecule has 0 saturated carbocycles. The minimum Gasteiger partial charge on any atom is -0.323 e. The van der Waals surface area contributed by atoms with Crippen molar-refractivity contribution in [1.29, 1.82) is 0 Å². The summed E-state index contributed by atoms with van der Waals surface area (Å²) in [6, 6.07) is 9.32. The van der Waals surface area contributed by atoms with Crippen molar-refractivity contribution in [3.8, 4) is 11.3 Å². The van der Waals surface area contributed by atoms with Gasteiger partial charge in [0.1, 0.15) is 5.82 Å². The van der Waals surface area contributed by atoms with Crippen molar-refractivity contribution in [1.82, 2.24) is 24.6 Å². The Bertz CT molecular complexity index is 978. The normalized spacial score (nSPS) is 10.7. The van der Waals surface area contributed by atoms with E-state index in [4.69, 9.17) is 0 Å². The number of nitrogens with one attached hydrogen (secondary N) is 1. The molecule has 0 spiro atoms. The molecule has 0 saturated heterocycles. The van der Waals surface area contributed by atoms with Gasteiger partial charge in [-0.3, -0.25) is 4.68 Å². The zero-order chi connectivity index (χ0) is 19.6. The lowest BCUT2D eigenvalue weighted by molar-refractivity contribution is 0.220. The summed E-state index contributed by atoms with van der Waals surface area (Å²) in [7, 11) is 3.69. The number of benzene rings is 1. The molecule has 3 aromatic rings. The summed E-state index contributed by atoms with van der Waals surface area (Å²) in [6.45, 7) is 6.32. The number of carbonyl (C=O) groups is 1. The van der Waals surface area contributed by atoms with Gasteiger partial charge in [0, 0.05) is 42.8 Å². The lowest BCUT2D eigenvalue weighted by Gasteiger charge is -2.18. The Balaban J connectivity index is 1.73. The molecule has 7 nitrogen and oxygen atoms in total. The highest BCUT2D eigenvalue weighted by Crippen LogP contribution is 2.21. The molecule has 7 heteroatoms. The minimum absolute atomic E-state index is 0.173. The Morgan fingerprint density at radius 2 is 2.00 bits per heavy atom. The molecule has 3 rings (SSSR count). The predicted octanol–water partition coefficient (Wildman–Crippen LogP) is 3.47. The third-order valence-electron chi connectivity index (χ3n) is 4.59. The average molecular weight is 364 g/mol. The predicted molar refractivity (Wildman–Crippen MR) is 105 cm³/mol. The van der Waals surface area contributed by atoms with Crippen molar-refractivity contribution in [2.24, 2.45) is 7.05 Å². The van der Waals surface area contributed by atoms with E-state index in [1.807, 2.05) is 62.8 Å². The molecule has 0 unspecified atom stereocenters. The Morgan fingerprint density at radius 3 is 2.67 bits per heavy atom. The van der Waals surface area contributed by atoms with Crippen molar-refractivity contribution in [3.05, 3.63) is 59.3 Å². The fourth-order valence-corrected chi connectivity index (χ4v) is 2.95. The average Bonchev–Trinajstić information content (AvgIpc) is 2.88. The molecule has 0 fully saturated rings. The van der Waals surface area contributed by atoms with E-state index in [0.29, 0.717) is 12.4 Å². The first-order valence-electron chi connectivity index (χ1n) is 8.76. The number of aryl methyl sites for hydroxylation is 3. The number of nitrogens with zero attached hydrogens (tertiary/aromatic N) is 5. The molecular weight excluding hydrogens is 340 g/mol. The monoisotopic (exact) mass is 364 g/mol. The lowest BCUT2D eigenvalue weighted by atomic mass is 10.1. The van der Waals surface area contributed by atoms with E-state index in [9.17, 15) is 4.79 Å². The number of hydrogen-bond donors (Lipinski definition) is 1. The highest BCUT2D eigenvalue weighted by Gasteiger charge is 2.15. The first-order valence-corrected chi connectivity index (χ1v) is 8.76. The van der Waals surface area contributed by atoms with Crippen LogP contribution in [0.5, 0.6) is 0 Å². The third-order valence-corrected chi connectivity index (χ3v) is 4.59. The van der Waals surface area contributed by atoms with Gasteiger partial charge in [-0.15, -0.1) is 0 Å². The van der Waals surface area contributed by atoms with Gasteiger partial charge in [-0.2, -0.15) is 5.10 Å². The van der Waals surface area contributed by atoms with Crippen molar-refractivity contribution in [3.63, 3.8) is 0 Å². The summed E-state index contributed by atoms with van der Waals surface area (Å²) in [6.07, 6.45) is 1.73. The van der Waals surface area contributed by atoms with Crippen LogP contribution >= 0.6 is 0 Å². The van der Waals surface area contributed by atoms with Crippen LogP contribution in [0.15, 0.2) is 36.5 Å². The number of urea groups is 1. The molecule has 0 radical (unpaired) electrons. The third kappa shape index (κ3) is 4.13. The quantitative estimate of drug-likeness (QED) is 0.769.